The van der Waals surface area contributed by atoms with Crippen LogP contribution < -0.4 is 20.1 Å². The molecule has 1 aromatic carbocycles. The molecule has 0 bridgehead atoms. The van der Waals surface area contributed by atoms with E-state index in [1.54, 1.807) is 36.5 Å². The first kappa shape index (κ1) is 18.2. The van der Waals surface area contributed by atoms with Gasteiger partial charge < -0.3 is 24.8 Å². The number of pyridine rings is 1. The number of methoxy groups -OCH3 is 2. The molecule has 8 nitrogen and oxygen atoms in total. The molecule has 0 saturated carbocycles. The third kappa shape index (κ3) is 5.78. The minimum atomic E-state index is -0.405. The van der Waals surface area contributed by atoms with Crippen molar-refractivity contribution in [3.05, 3.63) is 42.7 Å². The lowest BCUT2D eigenvalue weighted by atomic mass is 10.2. The van der Waals surface area contributed by atoms with Gasteiger partial charge in [0.1, 0.15) is 24.7 Å². The van der Waals surface area contributed by atoms with Crippen LogP contribution in [0.1, 0.15) is 0 Å². The van der Waals surface area contributed by atoms with Crippen LogP contribution in [0.5, 0.6) is 11.5 Å². The van der Waals surface area contributed by atoms with Gasteiger partial charge in [0, 0.05) is 12.3 Å². The van der Waals surface area contributed by atoms with E-state index in [0.717, 1.165) is 0 Å². The van der Waals surface area contributed by atoms with Crippen molar-refractivity contribution in [3.63, 3.8) is 0 Å². The first-order valence-electron chi connectivity index (χ1n) is 7.42. The molecule has 25 heavy (non-hydrogen) atoms. The molecule has 2 rings (SSSR count). The van der Waals surface area contributed by atoms with Gasteiger partial charge in [0.2, 0.25) is 11.8 Å². The summed E-state index contributed by atoms with van der Waals surface area (Å²) in [5.74, 6) is 0.292. The van der Waals surface area contributed by atoms with Crippen LogP contribution in [0.3, 0.4) is 0 Å². The highest BCUT2D eigenvalue weighted by Crippen LogP contribution is 2.28. The fraction of sp³-hybridized carbons (Fsp3) is 0.235. The minimum Gasteiger partial charge on any atom is -0.497 e. The Hall–Kier alpha value is -3.13. The maximum Gasteiger partial charge on any atom is 0.250 e. The van der Waals surface area contributed by atoms with Crippen molar-refractivity contribution in [1.29, 1.82) is 0 Å². The standard InChI is InChI=1S/C17H19N3O5/c1-23-13-5-6-14(15(8-13)24-2)20-17(22)11-25-10-16(21)19-12-4-3-7-18-9-12/h3-9H,10-11H2,1-2H3,(H,19,21)(H,20,22). The van der Waals surface area contributed by atoms with Gasteiger partial charge in [-0.05, 0) is 24.3 Å². The molecule has 0 atom stereocenters. The van der Waals surface area contributed by atoms with E-state index in [0.29, 0.717) is 22.9 Å². The zero-order chi connectivity index (χ0) is 18.1. The number of aromatic nitrogens is 1. The number of hydrogen-bond donors (Lipinski definition) is 2. The number of ether oxygens (including phenoxy) is 3. The van der Waals surface area contributed by atoms with Crippen molar-refractivity contribution in [2.24, 2.45) is 0 Å². The molecule has 0 spiro atoms. The highest BCUT2D eigenvalue weighted by molar-refractivity contribution is 5.94. The summed E-state index contributed by atoms with van der Waals surface area (Å²) < 4.78 is 15.4. The molecule has 2 N–H and O–H groups in total. The van der Waals surface area contributed by atoms with Crippen LogP contribution in [0.2, 0.25) is 0 Å². The second-order valence-corrected chi connectivity index (χ2v) is 4.90. The summed E-state index contributed by atoms with van der Waals surface area (Å²) in [5.41, 5.74) is 1.04. The van der Waals surface area contributed by atoms with E-state index in [9.17, 15) is 9.59 Å². The van der Waals surface area contributed by atoms with Gasteiger partial charge in [-0.1, -0.05) is 0 Å². The van der Waals surface area contributed by atoms with Gasteiger partial charge in [-0.25, -0.2) is 0 Å². The van der Waals surface area contributed by atoms with Crippen LogP contribution in [-0.4, -0.2) is 44.2 Å². The summed E-state index contributed by atoms with van der Waals surface area (Å²) in [7, 11) is 3.03. The summed E-state index contributed by atoms with van der Waals surface area (Å²) in [6.07, 6.45) is 3.12. The van der Waals surface area contributed by atoms with Gasteiger partial charge in [0.05, 0.1) is 31.8 Å². The number of nitrogens with one attached hydrogen (secondary N) is 2. The Kier molecular flexibility index (Phi) is 6.73. The van der Waals surface area contributed by atoms with Crippen molar-refractivity contribution >= 4 is 23.2 Å². The molecular formula is C17H19N3O5. The van der Waals surface area contributed by atoms with Gasteiger partial charge in [-0.2, -0.15) is 0 Å². The Balaban J connectivity index is 1.78. The number of amides is 2. The highest BCUT2D eigenvalue weighted by Gasteiger charge is 2.10. The van der Waals surface area contributed by atoms with Crippen LogP contribution in [0, 0.1) is 0 Å². The topological polar surface area (TPSA) is 98.8 Å². The zero-order valence-corrected chi connectivity index (χ0v) is 13.9. The molecule has 0 aliphatic rings. The fourth-order valence-electron chi connectivity index (χ4n) is 1.96. The summed E-state index contributed by atoms with van der Waals surface area (Å²) in [4.78, 5) is 27.5. The molecule has 0 radical (unpaired) electrons. The molecule has 0 fully saturated rings. The van der Waals surface area contributed by atoms with Crippen LogP contribution in [0.15, 0.2) is 42.7 Å². The first-order chi connectivity index (χ1) is 12.1. The second-order valence-electron chi connectivity index (χ2n) is 4.90. The van der Waals surface area contributed by atoms with Crippen molar-refractivity contribution in [2.45, 2.75) is 0 Å². The average Bonchev–Trinajstić information content (AvgIpc) is 2.62. The molecule has 0 saturated heterocycles. The lowest BCUT2D eigenvalue weighted by Crippen LogP contribution is -2.24. The van der Waals surface area contributed by atoms with Crippen LogP contribution in [0.25, 0.3) is 0 Å². The Labute approximate surface area is 145 Å². The number of anilines is 2. The maximum absolute atomic E-state index is 11.9. The molecule has 0 aliphatic heterocycles. The van der Waals surface area contributed by atoms with Gasteiger partial charge in [-0.3, -0.25) is 14.6 Å². The average molecular weight is 345 g/mol. The van der Waals surface area contributed by atoms with Crippen molar-refractivity contribution in [2.75, 3.05) is 38.1 Å². The van der Waals surface area contributed by atoms with Crippen molar-refractivity contribution in [3.8, 4) is 11.5 Å². The predicted octanol–water partition coefficient (Wildman–Crippen LogP) is 1.69. The van der Waals surface area contributed by atoms with E-state index < -0.39 is 5.91 Å². The van der Waals surface area contributed by atoms with Gasteiger partial charge in [0.15, 0.2) is 0 Å². The Bertz CT molecular complexity index is 721. The van der Waals surface area contributed by atoms with Gasteiger partial charge >= 0.3 is 0 Å². The third-order valence-electron chi connectivity index (χ3n) is 3.09. The SMILES string of the molecule is COc1ccc(NC(=O)COCC(=O)Nc2cccnc2)c(OC)c1. The van der Waals surface area contributed by atoms with Gasteiger partial charge in [-0.15, -0.1) is 0 Å². The lowest BCUT2D eigenvalue weighted by Gasteiger charge is -2.11. The van der Waals surface area contributed by atoms with Crippen LogP contribution in [0.4, 0.5) is 11.4 Å². The van der Waals surface area contributed by atoms with Crippen molar-refractivity contribution < 1.29 is 23.8 Å². The smallest absolute Gasteiger partial charge is 0.250 e. The first-order valence-corrected chi connectivity index (χ1v) is 7.42. The molecule has 1 heterocycles. The number of benzene rings is 1. The van der Waals surface area contributed by atoms with Crippen LogP contribution in [-0.2, 0) is 14.3 Å². The molecule has 0 aliphatic carbocycles. The number of nitrogens with zero attached hydrogens (tertiary/aromatic N) is 1. The molecule has 132 valence electrons. The molecule has 2 amide bonds. The predicted molar refractivity (Wildman–Crippen MR) is 91.9 cm³/mol. The Morgan fingerprint density at radius 3 is 2.44 bits per heavy atom. The Morgan fingerprint density at radius 2 is 1.80 bits per heavy atom. The van der Waals surface area contributed by atoms with Crippen molar-refractivity contribution in [1.82, 2.24) is 4.98 Å². The zero-order valence-electron chi connectivity index (χ0n) is 13.9. The highest BCUT2D eigenvalue weighted by atomic mass is 16.5. The van der Waals surface area contributed by atoms with E-state index in [1.165, 1.54) is 20.4 Å². The summed E-state index contributed by atoms with van der Waals surface area (Å²) in [6.45, 7) is -0.516. The summed E-state index contributed by atoms with van der Waals surface area (Å²) in [6, 6.07) is 8.41. The number of rotatable bonds is 8. The molecule has 1 aromatic heterocycles. The number of carbonyl (C=O) groups excluding carboxylic acids is 2. The number of carbonyl (C=O) groups is 2. The van der Waals surface area contributed by atoms with E-state index in [-0.39, 0.29) is 19.1 Å². The monoisotopic (exact) mass is 345 g/mol. The minimum absolute atomic E-state index is 0.248. The van der Waals surface area contributed by atoms with Gasteiger partial charge in [0.25, 0.3) is 0 Å². The van der Waals surface area contributed by atoms with E-state index in [2.05, 4.69) is 15.6 Å². The third-order valence-corrected chi connectivity index (χ3v) is 3.09. The summed E-state index contributed by atoms with van der Waals surface area (Å²) in [5, 5.41) is 5.25. The van der Waals surface area contributed by atoms with E-state index >= 15 is 0 Å². The summed E-state index contributed by atoms with van der Waals surface area (Å²) >= 11 is 0. The van der Waals surface area contributed by atoms with E-state index in [4.69, 9.17) is 14.2 Å². The largest absolute Gasteiger partial charge is 0.497 e. The molecule has 2 aromatic rings. The maximum atomic E-state index is 11.9. The number of hydrogen-bond acceptors (Lipinski definition) is 6. The molecular weight excluding hydrogens is 326 g/mol. The molecule has 8 heteroatoms. The normalized spacial score (nSPS) is 10.0. The second kappa shape index (κ2) is 9.24. The fourth-order valence-corrected chi connectivity index (χ4v) is 1.96. The molecule has 0 unspecified atom stereocenters. The Morgan fingerprint density at radius 1 is 1.04 bits per heavy atom. The van der Waals surface area contributed by atoms with E-state index in [1.807, 2.05) is 0 Å². The quantitative estimate of drug-likeness (QED) is 0.755. The lowest BCUT2D eigenvalue weighted by molar-refractivity contribution is -0.125. The van der Waals surface area contributed by atoms with Crippen LogP contribution >= 0.6 is 0 Å².